The number of benzene rings is 2. The maximum absolute atomic E-state index is 4.86. The molecule has 0 bridgehead atoms. The maximum Gasteiger partial charge on any atom is 0.0255 e. The van der Waals surface area contributed by atoms with Gasteiger partial charge < -0.3 is 0 Å². The molecule has 0 unspecified atom stereocenters. The number of hydrogen-bond acceptors (Lipinski definition) is 2. The second-order valence-electron chi connectivity index (χ2n) is 6.26. The van der Waals surface area contributed by atoms with Crippen LogP contribution in [0.5, 0.6) is 0 Å². The normalized spacial score (nSPS) is 12.2. The molecule has 0 amide bonds. The van der Waals surface area contributed by atoms with E-state index in [1.165, 1.54) is 42.4 Å². The van der Waals surface area contributed by atoms with Crippen molar-refractivity contribution in [3.63, 3.8) is 0 Å². The Hall–Kier alpha value is -1.12. The zero-order valence-electron chi connectivity index (χ0n) is 14.8. The Kier molecular flexibility index (Phi) is 8.01. The molecule has 2 heteroatoms. The third-order valence-electron chi connectivity index (χ3n) is 4.32. The van der Waals surface area contributed by atoms with Gasteiger partial charge in [0.1, 0.15) is 0 Å². The fourth-order valence-corrected chi connectivity index (χ4v) is 3.43. The summed E-state index contributed by atoms with van der Waals surface area (Å²) in [6.45, 7) is 4.47. The van der Waals surface area contributed by atoms with Crippen LogP contribution in [-0.4, -0.2) is 0 Å². The van der Waals surface area contributed by atoms with Gasteiger partial charge in [0.15, 0.2) is 0 Å². The van der Waals surface area contributed by atoms with Gasteiger partial charge >= 0.3 is 0 Å². The average Bonchev–Trinajstić information content (AvgIpc) is 2.64. The van der Waals surface area contributed by atoms with E-state index in [1.54, 1.807) is 0 Å². The zero-order valence-corrected chi connectivity index (χ0v) is 16.5. The Morgan fingerprint density at radius 3 is 2.12 bits per heavy atom. The van der Waals surface area contributed by atoms with Crippen LogP contribution in [0.2, 0.25) is 0 Å². The standard InChI is InChI=1S/C22H28S2/c1-3-5-10-17-14-15-18(11-6-4-2)20(16-17)22(24)21(23)19-12-8-7-9-13-19/h7-9,12-16,23-24H,3-6,10-11H2,1-2H3/b22-21-. The number of thiol groups is 2. The summed E-state index contributed by atoms with van der Waals surface area (Å²) in [6.07, 6.45) is 7.08. The summed E-state index contributed by atoms with van der Waals surface area (Å²) in [5, 5.41) is 0. The lowest BCUT2D eigenvalue weighted by Crippen LogP contribution is -1.96. The van der Waals surface area contributed by atoms with E-state index in [0.717, 1.165) is 28.2 Å². The zero-order chi connectivity index (χ0) is 17.4. The van der Waals surface area contributed by atoms with Gasteiger partial charge in [0, 0.05) is 9.81 Å². The van der Waals surface area contributed by atoms with E-state index in [1.807, 2.05) is 18.2 Å². The van der Waals surface area contributed by atoms with Crippen molar-refractivity contribution in [2.75, 3.05) is 0 Å². The smallest absolute Gasteiger partial charge is 0.0255 e. The fraction of sp³-hybridized carbons (Fsp3) is 0.364. The van der Waals surface area contributed by atoms with E-state index in [0.29, 0.717) is 0 Å². The molecule has 128 valence electrons. The molecule has 0 fully saturated rings. The van der Waals surface area contributed by atoms with Crippen molar-refractivity contribution in [1.82, 2.24) is 0 Å². The van der Waals surface area contributed by atoms with Crippen molar-refractivity contribution < 1.29 is 0 Å². The molecule has 24 heavy (non-hydrogen) atoms. The van der Waals surface area contributed by atoms with E-state index in [9.17, 15) is 0 Å². The Labute approximate surface area is 158 Å². The third-order valence-corrected chi connectivity index (χ3v) is 5.44. The summed E-state index contributed by atoms with van der Waals surface area (Å²) in [5.74, 6) is 0. The molecule has 2 aromatic carbocycles. The Bertz CT molecular complexity index is 672. The highest BCUT2D eigenvalue weighted by molar-refractivity contribution is 7.96. The van der Waals surface area contributed by atoms with Gasteiger partial charge in [0.2, 0.25) is 0 Å². The predicted octanol–water partition coefficient (Wildman–Crippen LogP) is 7.06. The van der Waals surface area contributed by atoms with Crippen LogP contribution in [0.3, 0.4) is 0 Å². The van der Waals surface area contributed by atoms with Crippen molar-refractivity contribution in [2.45, 2.75) is 52.4 Å². The first-order valence-electron chi connectivity index (χ1n) is 8.97. The fourth-order valence-electron chi connectivity index (χ4n) is 2.83. The van der Waals surface area contributed by atoms with Crippen LogP contribution in [0.15, 0.2) is 48.5 Å². The second-order valence-corrected chi connectivity index (χ2v) is 7.16. The maximum atomic E-state index is 4.86. The van der Waals surface area contributed by atoms with Crippen molar-refractivity contribution in [3.05, 3.63) is 70.8 Å². The van der Waals surface area contributed by atoms with Crippen LogP contribution in [0.4, 0.5) is 0 Å². The van der Waals surface area contributed by atoms with Gasteiger partial charge in [-0.05, 0) is 47.9 Å². The lowest BCUT2D eigenvalue weighted by molar-refractivity contribution is 0.785. The first kappa shape index (κ1) is 19.2. The molecule has 0 nitrogen and oxygen atoms in total. The van der Waals surface area contributed by atoms with E-state index >= 15 is 0 Å². The Morgan fingerprint density at radius 2 is 1.46 bits per heavy atom. The minimum Gasteiger partial charge on any atom is -0.142 e. The molecule has 0 aliphatic carbocycles. The highest BCUT2D eigenvalue weighted by atomic mass is 32.1. The molecule has 0 spiro atoms. The van der Waals surface area contributed by atoms with E-state index < -0.39 is 0 Å². The summed E-state index contributed by atoms with van der Waals surface area (Å²) >= 11 is 9.63. The summed E-state index contributed by atoms with van der Waals surface area (Å²) in [5.41, 5.74) is 5.14. The molecule has 0 aliphatic heterocycles. The van der Waals surface area contributed by atoms with E-state index in [2.05, 4.69) is 44.2 Å². The van der Waals surface area contributed by atoms with Gasteiger partial charge in [0.25, 0.3) is 0 Å². The first-order chi connectivity index (χ1) is 11.7. The highest BCUT2D eigenvalue weighted by Gasteiger charge is 2.11. The Morgan fingerprint density at radius 1 is 0.792 bits per heavy atom. The molecular formula is C22H28S2. The van der Waals surface area contributed by atoms with Crippen LogP contribution in [0, 0.1) is 0 Å². The summed E-state index contributed by atoms with van der Waals surface area (Å²) < 4.78 is 0. The monoisotopic (exact) mass is 356 g/mol. The highest BCUT2D eigenvalue weighted by Crippen LogP contribution is 2.34. The van der Waals surface area contributed by atoms with Crippen molar-refractivity contribution in [3.8, 4) is 0 Å². The molecule has 2 aromatic rings. The number of unbranched alkanes of at least 4 members (excludes halogenated alkanes) is 2. The molecule has 0 aromatic heterocycles. The molecule has 0 saturated heterocycles. The topological polar surface area (TPSA) is 0 Å². The lowest BCUT2D eigenvalue weighted by atomic mass is 9.96. The predicted molar refractivity (Wildman–Crippen MR) is 115 cm³/mol. The van der Waals surface area contributed by atoms with E-state index in [-0.39, 0.29) is 0 Å². The molecule has 0 saturated carbocycles. The van der Waals surface area contributed by atoms with Gasteiger partial charge in [-0.15, -0.1) is 25.3 Å². The molecule has 0 radical (unpaired) electrons. The third kappa shape index (κ3) is 5.19. The summed E-state index contributed by atoms with van der Waals surface area (Å²) in [4.78, 5) is 1.93. The van der Waals surface area contributed by atoms with Gasteiger partial charge in [-0.25, -0.2) is 0 Å². The van der Waals surface area contributed by atoms with Crippen molar-refractivity contribution >= 4 is 35.1 Å². The number of hydrogen-bond donors (Lipinski definition) is 2. The Balaban J connectivity index is 2.43. The number of aryl methyl sites for hydroxylation is 2. The van der Waals surface area contributed by atoms with Gasteiger partial charge in [-0.1, -0.05) is 75.2 Å². The average molecular weight is 357 g/mol. The van der Waals surface area contributed by atoms with Crippen molar-refractivity contribution in [2.24, 2.45) is 0 Å². The summed E-state index contributed by atoms with van der Waals surface area (Å²) in [6, 6.07) is 17.2. The van der Waals surface area contributed by atoms with E-state index in [4.69, 9.17) is 25.3 Å². The van der Waals surface area contributed by atoms with Crippen LogP contribution in [0.25, 0.3) is 9.81 Å². The molecular weight excluding hydrogens is 328 g/mol. The molecule has 0 heterocycles. The quantitative estimate of drug-likeness (QED) is 0.367. The molecule has 0 atom stereocenters. The van der Waals surface area contributed by atoms with Gasteiger partial charge in [0.05, 0.1) is 0 Å². The number of rotatable bonds is 8. The molecule has 0 N–H and O–H groups in total. The van der Waals surface area contributed by atoms with Crippen LogP contribution in [-0.2, 0) is 12.8 Å². The second kappa shape index (κ2) is 10.0. The SMILES string of the molecule is CCCCc1ccc(CCCC)c(/C(S)=C(/S)c2ccccc2)c1. The van der Waals surface area contributed by atoms with Gasteiger partial charge in [-0.2, -0.15) is 0 Å². The molecule has 0 aliphatic rings. The lowest BCUT2D eigenvalue weighted by Gasteiger charge is -2.14. The largest absolute Gasteiger partial charge is 0.142 e. The van der Waals surface area contributed by atoms with Crippen LogP contribution >= 0.6 is 25.3 Å². The minimum absolute atomic E-state index is 0.948. The van der Waals surface area contributed by atoms with Crippen LogP contribution < -0.4 is 0 Å². The summed E-state index contributed by atoms with van der Waals surface area (Å²) in [7, 11) is 0. The molecule has 2 rings (SSSR count). The van der Waals surface area contributed by atoms with Crippen molar-refractivity contribution in [1.29, 1.82) is 0 Å². The van der Waals surface area contributed by atoms with Gasteiger partial charge in [-0.3, -0.25) is 0 Å². The first-order valence-corrected chi connectivity index (χ1v) is 9.86. The van der Waals surface area contributed by atoms with Crippen LogP contribution in [0.1, 0.15) is 61.8 Å². The minimum atomic E-state index is 0.948.